The third-order valence-electron chi connectivity index (χ3n) is 3.65. The van der Waals surface area contributed by atoms with Gasteiger partial charge in [0.05, 0.1) is 25.5 Å². The zero-order valence-electron chi connectivity index (χ0n) is 13.1. The van der Waals surface area contributed by atoms with Gasteiger partial charge in [0.25, 0.3) is 0 Å². The van der Waals surface area contributed by atoms with Crippen molar-refractivity contribution in [3.05, 3.63) is 48.0 Å². The molecule has 1 N–H and O–H groups in total. The highest BCUT2D eigenvalue weighted by molar-refractivity contribution is 5.91. The van der Waals surface area contributed by atoms with E-state index in [1.807, 2.05) is 48.5 Å². The monoisotopic (exact) mass is 309 g/mol. The molecule has 2 rings (SSSR count). The van der Waals surface area contributed by atoms with Crippen LogP contribution < -0.4 is 5.32 Å². The van der Waals surface area contributed by atoms with E-state index in [0.29, 0.717) is 6.54 Å². The van der Waals surface area contributed by atoms with Crippen LogP contribution >= 0.6 is 0 Å². The van der Waals surface area contributed by atoms with Gasteiger partial charge in [0.1, 0.15) is 0 Å². The number of hydrogen-bond donors (Lipinski definition) is 1. The van der Waals surface area contributed by atoms with Gasteiger partial charge in [-0.3, -0.25) is 9.59 Å². The van der Waals surface area contributed by atoms with Gasteiger partial charge in [-0.25, -0.2) is 0 Å². The zero-order chi connectivity index (χ0) is 16.7. The summed E-state index contributed by atoms with van der Waals surface area (Å²) in [6.45, 7) is 0.319. The Balaban J connectivity index is 1.92. The van der Waals surface area contributed by atoms with Crippen molar-refractivity contribution in [1.82, 2.24) is 10.2 Å². The van der Waals surface area contributed by atoms with Crippen molar-refractivity contribution in [3.8, 4) is 6.07 Å². The SMILES string of the molecule is CN(CCC#N)C(=O)CNC(=O)Cc1cccc2ccccc12. The number of nitrogens with zero attached hydrogens (tertiary/aromatic N) is 2. The van der Waals surface area contributed by atoms with Crippen molar-refractivity contribution in [2.24, 2.45) is 0 Å². The van der Waals surface area contributed by atoms with Gasteiger partial charge in [-0.15, -0.1) is 0 Å². The highest BCUT2D eigenvalue weighted by Gasteiger charge is 2.11. The molecule has 0 bridgehead atoms. The fourth-order valence-corrected chi connectivity index (χ4v) is 2.33. The fraction of sp³-hybridized carbons (Fsp3) is 0.278. The van der Waals surface area contributed by atoms with Crippen molar-refractivity contribution in [2.45, 2.75) is 12.8 Å². The molecule has 2 amide bonds. The van der Waals surface area contributed by atoms with Crippen LogP contribution in [0.3, 0.4) is 0 Å². The predicted molar refractivity (Wildman–Crippen MR) is 88.5 cm³/mol. The van der Waals surface area contributed by atoms with Crippen molar-refractivity contribution < 1.29 is 9.59 Å². The first-order valence-electron chi connectivity index (χ1n) is 7.46. The average Bonchev–Trinajstić information content (AvgIpc) is 2.57. The van der Waals surface area contributed by atoms with Crippen molar-refractivity contribution in [1.29, 1.82) is 5.26 Å². The Labute approximate surface area is 135 Å². The molecule has 0 saturated carbocycles. The molecule has 0 atom stereocenters. The average molecular weight is 309 g/mol. The number of likely N-dealkylation sites (N-methyl/N-ethyl adjacent to an activating group) is 1. The number of carbonyl (C=O) groups is 2. The van der Waals surface area contributed by atoms with E-state index in [1.54, 1.807) is 7.05 Å². The number of nitrogens with one attached hydrogen (secondary N) is 1. The van der Waals surface area contributed by atoms with E-state index in [2.05, 4.69) is 5.32 Å². The minimum atomic E-state index is -0.202. The highest BCUT2D eigenvalue weighted by atomic mass is 16.2. The van der Waals surface area contributed by atoms with Crippen LogP contribution in [0.4, 0.5) is 0 Å². The molecule has 0 aliphatic heterocycles. The van der Waals surface area contributed by atoms with Crippen LogP contribution in [0, 0.1) is 11.3 Å². The number of rotatable bonds is 6. The summed E-state index contributed by atoms with van der Waals surface area (Å²) in [6, 6.07) is 15.7. The van der Waals surface area contributed by atoms with Gasteiger partial charge in [0, 0.05) is 13.6 Å². The lowest BCUT2D eigenvalue weighted by Gasteiger charge is -2.15. The lowest BCUT2D eigenvalue weighted by molar-refractivity contribution is -0.131. The molecule has 5 nitrogen and oxygen atoms in total. The number of hydrogen-bond acceptors (Lipinski definition) is 3. The van der Waals surface area contributed by atoms with Crippen LogP contribution in [-0.4, -0.2) is 36.9 Å². The summed E-state index contributed by atoms with van der Waals surface area (Å²) >= 11 is 0. The number of benzene rings is 2. The maximum atomic E-state index is 12.1. The minimum absolute atomic E-state index is 0.0501. The molecule has 0 fully saturated rings. The quantitative estimate of drug-likeness (QED) is 0.885. The second-order valence-electron chi connectivity index (χ2n) is 5.32. The van der Waals surface area contributed by atoms with Crippen LogP contribution in [0.1, 0.15) is 12.0 Å². The van der Waals surface area contributed by atoms with Gasteiger partial charge >= 0.3 is 0 Å². The summed E-state index contributed by atoms with van der Waals surface area (Å²) < 4.78 is 0. The Morgan fingerprint density at radius 2 is 1.91 bits per heavy atom. The molecule has 0 spiro atoms. The van der Waals surface area contributed by atoms with E-state index in [0.717, 1.165) is 16.3 Å². The predicted octanol–water partition coefficient (Wildman–Crippen LogP) is 1.87. The minimum Gasteiger partial charge on any atom is -0.347 e. The largest absolute Gasteiger partial charge is 0.347 e. The van der Waals surface area contributed by atoms with E-state index >= 15 is 0 Å². The first-order chi connectivity index (χ1) is 11.1. The second-order valence-corrected chi connectivity index (χ2v) is 5.32. The second kappa shape index (κ2) is 7.95. The van der Waals surface area contributed by atoms with Gasteiger partial charge in [0.15, 0.2) is 0 Å². The van der Waals surface area contributed by atoms with E-state index in [-0.39, 0.29) is 31.2 Å². The number of amides is 2. The third kappa shape index (κ3) is 4.55. The molecule has 0 aromatic heterocycles. The van der Waals surface area contributed by atoms with Gasteiger partial charge in [-0.2, -0.15) is 5.26 Å². The van der Waals surface area contributed by atoms with Crippen molar-refractivity contribution >= 4 is 22.6 Å². The van der Waals surface area contributed by atoms with E-state index in [9.17, 15) is 9.59 Å². The third-order valence-corrected chi connectivity index (χ3v) is 3.65. The molecule has 23 heavy (non-hydrogen) atoms. The Hall–Kier alpha value is -2.87. The summed E-state index contributed by atoms with van der Waals surface area (Å²) in [5.74, 6) is -0.394. The van der Waals surface area contributed by atoms with Crippen LogP contribution in [0.5, 0.6) is 0 Å². The summed E-state index contributed by atoms with van der Waals surface area (Å²) in [5, 5.41) is 13.3. The number of nitriles is 1. The van der Waals surface area contributed by atoms with Gasteiger partial charge in [-0.05, 0) is 16.3 Å². The van der Waals surface area contributed by atoms with E-state index in [1.165, 1.54) is 4.90 Å². The standard InChI is InChI=1S/C18H19N3O2/c1-21(11-5-10-19)18(23)13-20-17(22)12-15-8-4-7-14-6-2-3-9-16(14)15/h2-4,6-9H,5,11-13H2,1H3,(H,20,22). The molecule has 0 radical (unpaired) electrons. The molecule has 0 aliphatic carbocycles. The Kier molecular flexibility index (Phi) is 5.70. The molecule has 0 saturated heterocycles. The Morgan fingerprint density at radius 1 is 1.17 bits per heavy atom. The zero-order valence-corrected chi connectivity index (χ0v) is 13.1. The van der Waals surface area contributed by atoms with Crippen LogP contribution in [0.25, 0.3) is 10.8 Å². The molecular formula is C18H19N3O2. The molecule has 0 unspecified atom stereocenters. The van der Waals surface area contributed by atoms with Crippen LogP contribution in [0.2, 0.25) is 0 Å². The summed E-state index contributed by atoms with van der Waals surface area (Å²) in [4.78, 5) is 25.3. The smallest absolute Gasteiger partial charge is 0.241 e. The van der Waals surface area contributed by atoms with E-state index < -0.39 is 0 Å². The molecule has 2 aromatic carbocycles. The van der Waals surface area contributed by atoms with Crippen molar-refractivity contribution in [2.75, 3.05) is 20.1 Å². The fourth-order valence-electron chi connectivity index (χ4n) is 2.33. The number of fused-ring (bicyclic) bond motifs is 1. The molecular weight excluding hydrogens is 290 g/mol. The highest BCUT2D eigenvalue weighted by Crippen LogP contribution is 2.18. The van der Waals surface area contributed by atoms with Crippen LogP contribution in [-0.2, 0) is 16.0 Å². The Morgan fingerprint density at radius 3 is 2.70 bits per heavy atom. The first kappa shape index (κ1) is 16.5. The maximum Gasteiger partial charge on any atom is 0.241 e. The van der Waals surface area contributed by atoms with E-state index in [4.69, 9.17) is 5.26 Å². The lowest BCUT2D eigenvalue weighted by atomic mass is 10.0. The first-order valence-corrected chi connectivity index (χ1v) is 7.46. The molecule has 0 aliphatic rings. The van der Waals surface area contributed by atoms with Gasteiger partial charge < -0.3 is 10.2 Å². The van der Waals surface area contributed by atoms with Gasteiger partial charge in [-0.1, -0.05) is 42.5 Å². The summed E-state index contributed by atoms with van der Waals surface area (Å²) in [7, 11) is 1.62. The summed E-state index contributed by atoms with van der Waals surface area (Å²) in [6.07, 6.45) is 0.517. The maximum absolute atomic E-state index is 12.1. The molecule has 5 heteroatoms. The normalized spacial score (nSPS) is 10.1. The topological polar surface area (TPSA) is 73.2 Å². The number of carbonyl (C=O) groups excluding carboxylic acids is 2. The molecule has 2 aromatic rings. The molecule has 118 valence electrons. The van der Waals surface area contributed by atoms with Crippen LogP contribution in [0.15, 0.2) is 42.5 Å². The Bertz CT molecular complexity index is 744. The van der Waals surface area contributed by atoms with Gasteiger partial charge in [0.2, 0.25) is 11.8 Å². The summed E-state index contributed by atoms with van der Waals surface area (Å²) in [5.41, 5.74) is 0.936. The molecule has 0 heterocycles. The lowest BCUT2D eigenvalue weighted by Crippen LogP contribution is -2.39. The van der Waals surface area contributed by atoms with Crippen molar-refractivity contribution in [3.63, 3.8) is 0 Å².